The third-order valence-corrected chi connectivity index (χ3v) is 6.19. The van der Waals surface area contributed by atoms with Crippen molar-refractivity contribution >= 4 is 23.4 Å². The molecule has 3 N–H and O–H groups in total. The van der Waals surface area contributed by atoms with Crippen molar-refractivity contribution in [1.29, 1.82) is 0 Å². The van der Waals surface area contributed by atoms with E-state index in [-0.39, 0.29) is 11.9 Å². The molecule has 1 aromatic carbocycles. The second kappa shape index (κ2) is 10.8. The van der Waals surface area contributed by atoms with Crippen LogP contribution in [-0.2, 0) is 27.2 Å². The van der Waals surface area contributed by atoms with E-state index in [0.717, 1.165) is 29.2 Å². The number of nitrogens with zero attached hydrogens (tertiary/aromatic N) is 4. The van der Waals surface area contributed by atoms with Crippen molar-refractivity contribution in [3.05, 3.63) is 35.5 Å². The number of amides is 3. The predicted octanol–water partition coefficient (Wildman–Crippen LogP) is 2.17. The van der Waals surface area contributed by atoms with Crippen molar-refractivity contribution in [2.75, 3.05) is 50.2 Å². The van der Waals surface area contributed by atoms with Crippen LogP contribution in [-0.4, -0.2) is 72.9 Å². The molecule has 3 amide bonds. The Balaban J connectivity index is 1.66. The number of fused-ring (bicyclic) bond motifs is 1. The van der Waals surface area contributed by atoms with Gasteiger partial charge in [-0.3, -0.25) is 4.79 Å². The van der Waals surface area contributed by atoms with E-state index in [9.17, 15) is 9.59 Å². The van der Waals surface area contributed by atoms with E-state index in [4.69, 9.17) is 25.2 Å². The second-order valence-corrected chi connectivity index (χ2v) is 8.64. The Bertz CT molecular complexity index is 1030. The number of carbonyl (C=O) groups is 2. The highest BCUT2D eigenvalue weighted by molar-refractivity contribution is 5.88. The third-order valence-electron chi connectivity index (χ3n) is 6.19. The van der Waals surface area contributed by atoms with Crippen LogP contribution in [0.5, 0.6) is 0 Å². The van der Waals surface area contributed by atoms with Gasteiger partial charge in [-0.25, -0.2) is 14.8 Å². The number of morpholine rings is 1. The summed E-state index contributed by atoms with van der Waals surface area (Å²) in [6.07, 6.45) is 1.88. The Labute approximate surface area is 199 Å². The van der Waals surface area contributed by atoms with Gasteiger partial charge >= 0.3 is 6.03 Å². The van der Waals surface area contributed by atoms with Crippen molar-refractivity contribution < 1.29 is 19.1 Å². The van der Waals surface area contributed by atoms with Crippen LogP contribution in [0.15, 0.2) is 24.3 Å². The molecule has 10 heteroatoms. The first-order valence-electron chi connectivity index (χ1n) is 11.6. The predicted molar refractivity (Wildman–Crippen MR) is 129 cm³/mol. The van der Waals surface area contributed by atoms with E-state index in [0.29, 0.717) is 63.7 Å². The number of hydrogen-bond donors (Lipinski definition) is 2. The second-order valence-electron chi connectivity index (χ2n) is 8.64. The highest BCUT2D eigenvalue weighted by Gasteiger charge is 2.30. The summed E-state index contributed by atoms with van der Waals surface area (Å²) in [5.41, 5.74) is 8.62. The Morgan fingerprint density at radius 1 is 1.24 bits per heavy atom. The average molecular weight is 469 g/mol. The molecule has 4 rings (SSSR count). The van der Waals surface area contributed by atoms with Crippen LogP contribution in [0.2, 0.25) is 0 Å². The molecule has 2 aromatic rings. The van der Waals surface area contributed by atoms with E-state index >= 15 is 0 Å². The van der Waals surface area contributed by atoms with Gasteiger partial charge in [-0.05, 0) is 44.0 Å². The topological polar surface area (TPSA) is 123 Å². The molecule has 1 atom stereocenters. The summed E-state index contributed by atoms with van der Waals surface area (Å²) >= 11 is 0. The molecule has 0 bridgehead atoms. The fraction of sp³-hybridized carbons (Fsp3) is 0.500. The van der Waals surface area contributed by atoms with Gasteiger partial charge in [-0.2, -0.15) is 0 Å². The summed E-state index contributed by atoms with van der Waals surface area (Å²) in [6.45, 7) is 5.87. The lowest BCUT2D eigenvalue weighted by Crippen LogP contribution is -2.45. The number of benzene rings is 1. The molecule has 3 heterocycles. The summed E-state index contributed by atoms with van der Waals surface area (Å²) in [4.78, 5) is 37.9. The quantitative estimate of drug-likeness (QED) is 0.597. The average Bonchev–Trinajstić information content (AvgIpc) is 2.83. The standard InChI is InChI=1S/C24H32N6O4/c1-16-15-34-13-11-30(16)23-19-9-10-29(21(31)4-3-12-33-2)14-20(19)27-22(28-23)17-5-7-18(8-6-17)26-24(25)32/h5-8,16H,3-4,9-15H2,1-2H3,(H3,25,26,32)/t16-/m0/s1. The van der Waals surface area contributed by atoms with Crippen molar-refractivity contribution in [3.8, 4) is 11.4 Å². The van der Waals surface area contributed by atoms with Crippen LogP contribution in [0.4, 0.5) is 16.3 Å². The van der Waals surface area contributed by atoms with Gasteiger partial charge in [0.15, 0.2) is 5.82 Å². The summed E-state index contributed by atoms with van der Waals surface area (Å²) in [7, 11) is 1.64. The number of anilines is 2. The Morgan fingerprint density at radius 3 is 2.74 bits per heavy atom. The molecule has 1 aromatic heterocycles. The van der Waals surface area contributed by atoms with Crippen LogP contribution in [0, 0.1) is 0 Å². The van der Waals surface area contributed by atoms with Crippen LogP contribution in [0.1, 0.15) is 31.0 Å². The van der Waals surface area contributed by atoms with Crippen molar-refractivity contribution in [3.63, 3.8) is 0 Å². The fourth-order valence-corrected chi connectivity index (χ4v) is 4.40. The minimum Gasteiger partial charge on any atom is -0.385 e. The number of primary amides is 1. The molecule has 1 fully saturated rings. The summed E-state index contributed by atoms with van der Waals surface area (Å²) < 4.78 is 10.7. The molecule has 0 spiro atoms. The maximum Gasteiger partial charge on any atom is 0.316 e. The van der Waals surface area contributed by atoms with Gasteiger partial charge in [-0.1, -0.05) is 0 Å². The third kappa shape index (κ3) is 5.45. The lowest BCUT2D eigenvalue weighted by molar-refractivity contribution is -0.132. The molecule has 0 aliphatic carbocycles. The summed E-state index contributed by atoms with van der Waals surface area (Å²) in [5.74, 6) is 1.62. The van der Waals surface area contributed by atoms with Crippen molar-refractivity contribution in [2.45, 2.75) is 38.8 Å². The molecule has 0 unspecified atom stereocenters. The molecular weight excluding hydrogens is 436 g/mol. The summed E-state index contributed by atoms with van der Waals surface area (Å²) in [6, 6.07) is 6.83. The molecule has 34 heavy (non-hydrogen) atoms. The number of methoxy groups -OCH3 is 1. The highest BCUT2D eigenvalue weighted by Crippen LogP contribution is 2.32. The van der Waals surface area contributed by atoms with Crippen molar-refractivity contribution in [1.82, 2.24) is 14.9 Å². The minimum atomic E-state index is -0.614. The van der Waals surface area contributed by atoms with Gasteiger partial charge in [-0.15, -0.1) is 0 Å². The number of ether oxygens (including phenoxy) is 2. The molecule has 1 saturated heterocycles. The number of urea groups is 1. The van der Waals surface area contributed by atoms with Crippen LogP contribution in [0.25, 0.3) is 11.4 Å². The van der Waals surface area contributed by atoms with E-state index < -0.39 is 6.03 Å². The maximum atomic E-state index is 12.8. The maximum absolute atomic E-state index is 12.8. The lowest BCUT2D eigenvalue weighted by Gasteiger charge is -2.38. The zero-order chi connectivity index (χ0) is 24.1. The molecule has 2 aliphatic heterocycles. The van der Waals surface area contributed by atoms with Crippen LogP contribution in [0.3, 0.4) is 0 Å². The van der Waals surface area contributed by atoms with Crippen LogP contribution < -0.4 is 16.0 Å². The lowest BCUT2D eigenvalue weighted by atomic mass is 10.0. The molecule has 0 radical (unpaired) electrons. The van der Waals surface area contributed by atoms with Gasteiger partial charge in [0.25, 0.3) is 0 Å². The minimum absolute atomic E-state index is 0.117. The molecule has 182 valence electrons. The fourth-order valence-electron chi connectivity index (χ4n) is 4.40. The largest absolute Gasteiger partial charge is 0.385 e. The van der Waals surface area contributed by atoms with E-state index in [1.165, 1.54) is 0 Å². The number of nitrogens with one attached hydrogen (secondary N) is 1. The van der Waals surface area contributed by atoms with Crippen LogP contribution >= 0.6 is 0 Å². The first-order valence-corrected chi connectivity index (χ1v) is 11.6. The number of rotatable bonds is 7. The zero-order valence-electron chi connectivity index (χ0n) is 19.7. The van der Waals surface area contributed by atoms with E-state index in [1.807, 2.05) is 17.0 Å². The normalized spacial score (nSPS) is 17.9. The molecule has 2 aliphatic rings. The first-order chi connectivity index (χ1) is 16.5. The van der Waals surface area contributed by atoms with E-state index in [1.54, 1.807) is 19.2 Å². The highest BCUT2D eigenvalue weighted by atomic mass is 16.5. The van der Waals surface area contributed by atoms with Crippen molar-refractivity contribution in [2.24, 2.45) is 5.73 Å². The smallest absolute Gasteiger partial charge is 0.316 e. The SMILES string of the molecule is COCCCC(=O)N1CCc2c(nc(-c3ccc(NC(N)=O)cc3)nc2N2CCOC[C@@H]2C)C1. The Kier molecular flexibility index (Phi) is 7.59. The van der Waals surface area contributed by atoms with Gasteiger partial charge < -0.3 is 30.3 Å². The zero-order valence-corrected chi connectivity index (χ0v) is 19.7. The Morgan fingerprint density at radius 2 is 2.03 bits per heavy atom. The number of nitrogens with two attached hydrogens (primary N) is 1. The van der Waals surface area contributed by atoms with E-state index in [2.05, 4.69) is 17.1 Å². The molecule has 0 saturated carbocycles. The van der Waals surface area contributed by atoms with Gasteiger partial charge in [0, 0.05) is 50.0 Å². The molecular formula is C24H32N6O4. The van der Waals surface area contributed by atoms with Gasteiger partial charge in [0.05, 0.1) is 31.5 Å². The Hall–Kier alpha value is -3.24. The number of aromatic nitrogens is 2. The molecule has 10 nitrogen and oxygen atoms in total. The number of carbonyl (C=O) groups excluding carboxylic acids is 2. The summed E-state index contributed by atoms with van der Waals surface area (Å²) in [5, 5.41) is 2.56. The first kappa shape index (κ1) is 23.9. The van der Waals surface area contributed by atoms with Gasteiger partial charge in [0.1, 0.15) is 5.82 Å². The number of hydrogen-bond acceptors (Lipinski definition) is 7. The monoisotopic (exact) mass is 468 g/mol. The van der Waals surface area contributed by atoms with Gasteiger partial charge in [0.2, 0.25) is 5.91 Å².